The van der Waals surface area contributed by atoms with Crippen molar-refractivity contribution in [3.63, 3.8) is 0 Å². The molecule has 1 aromatic rings. The van der Waals surface area contributed by atoms with E-state index in [1.54, 1.807) is 11.2 Å². The zero-order valence-corrected chi connectivity index (χ0v) is 14.5. The molecule has 4 aliphatic carbocycles. The second-order valence-corrected chi connectivity index (χ2v) is 8.72. The summed E-state index contributed by atoms with van der Waals surface area (Å²) in [5, 5.41) is 3.36. The van der Waals surface area contributed by atoms with Crippen molar-refractivity contribution in [1.29, 1.82) is 0 Å². The Bertz CT molecular complexity index is 640. The van der Waals surface area contributed by atoms with Crippen LogP contribution in [-0.4, -0.2) is 29.3 Å². The lowest BCUT2D eigenvalue weighted by molar-refractivity contribution is -0.130. The zero-order chi connectivity index (χ0) is 17.0. The van der Waals surface area contributed by atoms with E-state index in [0.717, 1.165) is 17.6 Å². The van der Waals surface area contributed by atoms with E-state index in [9.17, 15) is 9.59 Å². The Morgan fingerprint density at radius 3 is 2.52 bits per heavy atom. The van der Waals surface area contributed by atoms with Crippen molar-refractivity contribution in [3.8, 4) is 0 Å². The number of carbonyl (C=O) groups is 2. The smallest absolute Gasteiger partial charge is 0.225 e. The minimum atomic E-state index is -0.209. The van der Waals surface area contributed by atoms with Gasteiger partial charge in [-0.05, 0) is 67.9 Å². The molecule has 1 N–H and O–H groups in total. The molecule has 5 aliphatic rings. The van der Waals surface area contributed by atoms with Gasteiger partial charge < -0.3 is 14.6 Å². The maximum atomic E-state index is 12.8. The molecule has 2 amide bonds. The van der Waals surface area contributed by atoms with Crippen LogP contribution < -0.4 is 5.32 Å². The largest absolute Gasteiger partial charge is 0.467 e. The fourth-order valence-corrected chi connectivity index (χ4v) is 6.13. The van der Waals surface area contributed by atoms with Gasteiger partial charge in [0.15, 0.2) is 0 Å². The Kier molecular flexibility index (Phi) is 3.64. The second kappa shape index (κ2) is 5.89. The van der Waals surface area contributed by atoms with Gasteiger partial charge in [0.2, 0.25) is 11.8 Å². The molecule has 5 fully saturated rings. The molecule has 1 aliphatic heterocycles. The Hall–Kier alpha value is -1.78. The van der Waals surface area contributed by atoms with E-state index in [2.05, 4.69) is 5.32 Å². The molecule has 4 saturated carbocycles. The van der Waals surface area contributed by atoms with Crippen LogP contribution in [0.3, 0.4) is 0 Å². The van der Waals surface area contributed by atoms with Gasteiger partial charge in [-0.1, -0.05) is 0 Å². The highest BCUT2D eigenvalue weighted by Gasteiger charge is 2.49. The first-order chi connectivity index (χ1) is 12.2. The molecule has 0 aromatic carbocycles. The molecule has 5 heteroatoms. The normalized spacial score (nSPS) is 39.2. The summed E-state index contributed by atoms with van der Waals surface area (Å²) < 4.78 is 5.33. The maximum absolute atomic E-state index is 12.8. The zero-order valence-electron chi connectivity index (χ0n) is 14.5. The van der Waals surface area contributed by atoms with Crippen LogP contribution in [0.25, 0.3) is 0 Å². The first-order valence-corrected chi connectivity index (χ1v) is 9.76. The number of likely N-dealkylation sites (tertiary alicyclic amines) is 1. The highest BCUT2D eigenvalue weighted by molar-refractivity contribution is 5.89. The highest BCUT2D eigenvalue weighted by Crippen LogP contribution is 2.53. The minimum absolute atomic E-state index is 0.0571. The van der Waals surface area contributed by atoms with Crippen molar-refractivity contribution >= 4 is 11.8 Å². The topological polar surface area (TPSA) is 62.6 Å². The molecule has 0 spiro atoms. The van der Waals surface area contributed by atoms with Crippen LogP contribution >= 0.6 is 0 Å². The van der Waals surface area contributed by atoms with Gasteiger partial charge in [0.1, 0.15) is 5.76 Å². The van der Waals surface area contributed by atoms with Gasteiger partial charge in [0, 0.05) is 19.0 Å². The van der Waals surface area contributed by atoms with Crippen molar-refractivity contribution in [1.82, 2.24) is 10.2 Å². The van der Waals surface area contributed by atoms with Crippen molar-refractivity contribution in [2.24, 2.45) is 29.6 Å². The van der Waals surface area contributed by atoms with Gasteiger partial charge in [0.05, 0.1) is 18.7 Å². The molecule has 1 atom stereocenters. The molecule has 2 heterocycles. The lowest BCUT2D eigenvalue weighted by Crippen LogP contribution is -2.56. The number of carbonyl (C=O) groups excluding carboxylic acids is 2. The van der Waals surface area contributed by atoms with E-state index in [1.807, 2.05) is 12.1 Å². The third-order valence-corrected chi connectivity index (χ3v) is 7.05. The standard InChI is InChI=1S/C20H26N2O3/c23-18-9-16(10-22(18)11-17-2-1-3-25-17)20(24)21-19-14-5-12-4-13(7-14)8-15(19)6-12/h1-3,12-16,19H,4-11H2,(H,21,24). The van der Waals surface area contributed by atoms with Gasteiger partial charge in [-0.2, -0.15) is 0 Å². The summed E-state index contributed by atoms with van der Waals surface area (Å²) >= 11 is 0. The van der Waals surface area contributed by atoms with Gasteiger partial charge >= 0.3 is 0 Å². The van der Waals surface area contributed by atoms with E-state index in [1.165, 1.54) is 32.1 Å². The highest BCUT2D eigenvalue weighted by atomic mass is 16.3. The van der Waals surface area contributed by atoms with Gasteiger partial charge in [-0.3, -0.25) is 9.59 Å². The molecule has 25 heavy (non-hydrogen) atoms. The van der Waals surface area contributed by atoms with E-state index in [-0.39, 0.29) is 17.7 Å². The minimum Gasteiger partial charge on any atom is -0.467 e. The Labute approximate surface area is 148 Å². The summed E-state index contributed by atoms with van der Waals surface area (Å²) in [7, 11) is 0. The summed E-state index contributed by atoms with van der Waals surface area (Å²) in [4.78, 5) is 26.8. The number of nitrogens with one attached hydrogen (secondary N) is 1. The van der Waals surface area contributed by atoms with Crippen molar-refractivity contribution in [3.05, 3.63) is 24.2 Å². The Balaban J connectivity index is 1.21. The summed E-state index contributed by atoms with van der Waals surface area (Å²) in [6.45, 7) is 0.978. The van der Waals surface area contributed by atoms with Crippen molar-refractivity contribution in [2.75, 3.05) is 6.54 Å². The number of hydrogen-bond donors (Lipinski definition) is 1. The SMILES string of the molecule is O=C(NC1C2CC3CC(C2)CC1C3)C1CC(=O)N(Cc2ccco2)C1. The van der Waals surface area contributed by atoms with E-state index >= 15 is 0 Å². The number of hydrogen-bond acceptors (Lipinski definition) is 3. The van der Waals surface area contributed by atoms with Crippen molar-refractivity contribution in [2.45, 2.75) is 51.1 Å². The van der Waals surface area contributed by atoms with Crippen LogP contribution in [0.15, 0.2) is 22.8 Å². The molecule has 1 unspecified atom stereocenters. The third kappa shape index (κ3) is 2.77. The number of furan rings is 1. The molecule has 6 rings (SSSR count). The van der Waals surface area contributed by atoms with Crippen molar-refractivity contribution < 1.29 is 14.0 Å². The van der Waals surface area contributed by atoms with Crippen LogP contribution in [0.2, 0.25) is 0 Å². The molecule has 4 bridgehead atoms. The Morgan fingerprint density at radius 1 is 1.16 bits per heavy atom. The predicted molar refractivity (Wildman–Crippen MR) is 91.2 cm³/mol. The quantitative estimate of drug-likeness (QED) is 0.915. The summed E-state index contributed by atoms with van der Waals surface area (Å²) in [5.74, 6) is 3.89. The summed E-state index contributed by atoms with van der Waals surface area (Å²) in [6, 6.07) is 4.05. The molecule has 1 aromatic heterocycles. The van der Waals surface area contributed by atoms with Gasteiger partial charge in [-0.15, -0.1) is 0 Å². The number of rotatable bonds is 4. The van der Waals surface area contributed by atoms with E-state index in [0.29, 0.717) is 37.4 Å². The average molecular weight is 342 g/mol. The number of nitrogens with zero attached hydrogens (tertiary/aromatic N) is 1. The van der Waals surface area contributed by atoms with Crippen LogP contribution in [-0.2, 0) is 16.1 Å². The molecule has 5 nitrogen and oxygen atoms in total. The van der Waals surface area contributed by atoms with E-state index < -0.39 is 0 Å². The van der Waals surface area contributed by atoms with Crippen LogP contribution in [0.4, 0.5) is 0 Å². The first-order valence-electron chi connectivity index (χ1n) is 9.76. The molecular weight excluding hydrogens is 316 g/mol. The van der Waals surface area contributed by atoms with Crippen LogP contribution in [0, 0.1) is 29.6 Å². The molecule has 0 radical (unpaired) electrons. The summed E-state index contributed by atoms with van der Waals surface area (Å²) in [6.07, 6.45) is 8.56. The number of amides is 2. The molecular formula is C20H26N2O3. The fourth-order valence-electron chi connectivity index (χ4n) is 6.13. The first kappa shape index (κ1) is 15.5. The third-order valence-electron chi connectivity index (χ3n) is 7.05. The van der Waals surface area contributed by atoms with Crippen LogP contribution in [0.5, 0.6) is 0 Å². The Morgan fingerprint density at radius 2 is 1.88 bits per heavy atom. The van der Waals surface area contributed by atoms with Gasteiger partial charge in [-0.25, -0.2) is 0 Å². The van der Waals surface area contributed by atoms with E-state index in [4.69, 9.17) is 4.42 Å². The lowest BCUT2D eigenvalue weighted by atomic mass is 9.54. The monoisotopic (exact) mass is 342 g/mol. The summed E-state index contributed by atoms with van der Waals surface area (Å²) in [5.41, 5.74) is 0. The lowest BCUT2D eigenvalue weighted by Gasteiger charge is -2.54. The second-order valence-electron chi connectivity index (χ2n) is 8.72. The maximum Gasteiger partial charge on any atom is 0.225 e. The molecule has 134 valence electrons. The van der Waals surface area contributed by atoms with Gasteiger partial charge in [0.25, 0.3) is 0 Å². The molecule has 1 saturated heterocycles. The fraction of sp³-hybridized carbons (Fsp3) is 0.700. The average Bonchev–Trinajstić information content (AvgIpc) is 3.21. The predicted octanol–water partition coefficient (Wildman–Crippen LogP) is 2.57. The van der Waals surface area contributed by atoms with Crippen LogP contribution in [0.1, 0.15) is 44.3 Å².